The van der Waals surface area contributed by atoms with Gasteiger partial charge >= 0.3 is 11.9 Å². The minimum atomic E-state index is -0.0786. The third-order valence-electron chi connectivity index (χ3n) is 9.52. The highest BCUT2D eigenvalue weighted by atomic mass is 16.5. The van der Waals surface area contributed by atoms with Crippen LogP contribution in [0.25, 0.3) is 0 Å². The van der Waals surface area contributed by atoms with Gasteiger partial charge in [-0.2, -0.15) is 0 Å². The summed E-state index contributed by atoms with van der Waals surface area (Å²) >= 11 is 0. The molecule has 0 aromatic rings. The summed E-state index contributed by atoms with van der Waals surface area (Å²) in [5.74, 6) is -0.129. The molecule has 1 fully saturated rings. The lowest BCUT2D eigenvalue weighted by molar-refractivity contribution is -0.907. The first-order valence-corrected chi connectivity index (χ1v) is 18.9. The number of unbranched alkanes of at least 4 members (excludes halogenated alkanes) is 18. The molecule has 7 nitrogen and oxygen atoms in total. The molecule has 0 unspecified atom stereocenters. The van der Waals surface area contributed by atoms with Crippen molar-refractivity contribution in [2.75, 3.05) is 86.7 Å². The van der Waals surface area contributed by atoms with Crippen molar-refractivity contribution in [2.24, 2.45) is 0 Å². The Bertz CT molecular complexity index is 707. The normalized spacial score (nSPS) is 15.4. The molecule has 44 heavy (non-hydrogen) atoms. The van der Waals surface area contributed by atoms with Crippen LogP contribution >= 0.6 is 0 Å². The summed E-state index contributed by atoms with van der Waals surface area (Å²) in [6, 6.07) is 0. The monoisotopic (exact) mass is 626 g/mol. The molecule has 0 amide bonds. The fraction of sp³-hybridized carbons (Fsp3) is 0.946. The molecule has 1 aliphatic heterocycles. The number of piperazine rings is 1. The second-order valence-corrected chi connectivity index (χ2v) is 14.7. The maximum atomic E-state index is 12.5. The van der Waals surface area contributed by atoms with Gasteiger partial charge in [-0.15, -0.1) is 0 Å². The zero-order chi connectivity index (χ0) is 32.4. The van der Waals surface area contributed by atoms with Crippen LogP contribution in [0, 0.1) is 0 Å². The first kappa shape index (κ1) is 40.8. The van der Waals surface area contributed by atoms with E-state index in [9.17, 15) is 9.59 Å². The van der Waals surface area contributed by atoms with Crippen LogP contribution in [0.15, 0.2) is 0 Å². The Labute approximate surface area is 273 Å². The Morgan fingerprint density at radius 2 is 1.00 bits per heavy atom. The zero-order valence-electron chi connectivity index (χ0n) is 30.2. The van der Waals surface area contributed by atoms with E-state index in [1.807, 2.05) is 0 Å². The first-order chi connectivity index (χ1) is 21.2. The second kappa shape index (κ2) is 25.9. The fourth-order valence-electron chi connectivity index (χ4n) is 6.17. The zero-order valence-corrected chi connectivity index (χ0v) is 30.2. The SMILES string of the molecule is CCCCCCCCCCCCOC(=O)C[N+](C)(C)CCN1CC[N+](C)(CC(=O)OCCCCCCCCCCCC)CC1. The van der Waals surface area contributed by atoms with Crippen LogP contribution in [0.5, 0.6) is 0 Å². The number of esters is 2. The van der Waals surface area contributed by atoms with E-state index < -0.39 is 0 Å². The average molecular weight is 626 g/mol. The number of hydrogen-bond acceptors (Lipinski definition) is 5. The summed E-state index contributed by atoms with van der Waals surface area (Å²) in [6.07, 6.45) is 25.7. The molecule has 1 rings (SSSR count). The van der Waals surface area contributed by atoms with Crippen LogP contribution in [0.2, 0.25) is 0 Å². The van der Waals surface area contributed by atoms with E-state index in [2.05, 4.69) is 39.9 Å². The summed E-state index contributed by atoms with van der Waals surface area (Å²) < 4.78 is 12.6. The third kappa shape index (κ3) is 23.2. The van der Waals surface area contributed by atoms with E-state index in [4.69, 9.17) is 9.47 Å². The van der Waals surface area contributed by atoms with Gasteiger partial charge in [-0.05, 0) is 12.8 Å². The number of hydrogen-bond donors (Lipinski definition) is 0. The molecular formula is C37H75N3O4+2. The number of rotatable bonds is 29. The largest absolute Gasteiger partial charge is 0.462 e. The Kier molecular flexibility index (Phi) is 24.1. The molecule has 1 saturated heterocycles. The molecule has 0 radical (unpaired) electrons. The number of carbonyl (C=O) groups is 2. The summed E-state index contributed by atoms with van der Waals surface area (Å²) in [4.78, 5) is 27.4. The molecule has 0 aromatic heterocycles. The topological polar surface area (TPSA) is 55.8 Å². The van der Waals surface area contributed by atoms with E-state index in [1.54, 1.807) is 0 Å². The molecule has 0 bridgehead atoms. The van der Waals surface area contributed by atoms with Crippen molar-refractivity contribution in [3.8, 4) is 0 Å². The number of nitrogens with zero attached hydrogens (tertiary/aromatic N) is 3. The van der Waals surface area contributed by atoms with E-state index in [-0.39, 0.29) is 11.9 Å². The molecule has 0 aliphatic carbocycles. The van der Waals surface area contributed by atoms with Crippen molar-refractivity contribution in [2.45, 2.75) is 142 Å². The first-order valence-electron chi connectivity index (χ1n) is 18.9. The molecule has 7 heteroatoms. The highest BCUT2D eigenvalue weighted by molar-refractivity contribution is 5.70. The lowest BCUT2D eigenvalue weighted by Crippen LogP contribution is -2.60. The second-order valence-electron chi connectivity index (χ2n) is 14.7. The number of likely N-dealkylation sites (N-methyl/N-ethyl adjacent to an activating group) is 2. The fourth-order valence-corrected chi connectivity index (χ4v) is 6.17. The Morgan fingerprint density at radius 1 is 0.614 bits per heavy atom. The van der Waals surface area contributed by atoms with Gasteiger partial charge in [0.2, 0.25) is 0 Å². The van der Waals surface area contributed by atoms with Crippen molar-refractivity contribution < 1.29 is 28.0 Å². The molecule has 0 saturated carbocycles. The maximum Gasteiger partial charge on any atom is 0.361 e. The van der Waals surface area contributed by atoms with Crippen LogP contribution in [-0.4, -0.2) is 113 Å². The van der Waals surface area contributed by atoms with Crippen molar-refractivity contribution >= 4 is 11.9 Å². The minimum Gasteiger partial charge on any atom is -0.462 e. The smallest absolute Gasteiger partial charge is 0.361 e. The van der Waals surface area contributed by atoms with E-state index in [1.165, 1.54) is 103 Å². The summed E-state index contributed by atoms with van der Waals surface area (Å²) in [5, 5.41) is 0. The van der Waals surface area contributed by atoms with Gasteiger partial charge < -0.3 is 18.4 Å². The molecule has 0 N–H and O–H groups in total. The number of quaternary nitrogens is 2. The van der Waals surface area contributed by atoms with Gasteiger partial charge in [0.25, 0.3) is 0 Å². The van der Waals surface area contributed by atoms with Gasteiger partial charge in [0.15, 0.2) is 13.1 Å². The van der Waals surface area contributed by atoms with E-state index >= 15 is 0 Å². The Hall–Kier alpha value is -1.18. The lowest BCUT2D eigenvalue weighted by Gasteiger charge is -2.42. The quantitative estimate of drug-likeness (QED) is 0.0483. The summed E-state index contributed by atoms with van der Waals surface area (Å²) in [7, 11) is 6.43. The summed E-state index contributed by atoms with van der Waals surface area (Å²) in [5.41, 5.74) is 0. The summed E-state index contributed by atoms with van der Waals surface area (Å²) in [6.45, 7) is 12.3. The molecule has 0 aromatic carbocycles. The van der Waals surface area contributed by atoms with E-state index in [0.29, 0.717) is 30.8 Å². The van der Waals surface area contributed by atoms with Gasteiger partial charge in [0, 0.05) is 19.6 Å². The van der Waals surface area contributed by atoms with Gasteiger partial charge in [-0.3, -0.25) is 4.90 Å². The predicted molar refractivity (Wildman–Crippen MR) is 185 cm³/mol. The lowest BCUT2D eigenvalue weighted by atomic mass is 10.1. The molecule has 1 aliphatic rings. The van der Waals surface area contributed by atoms with Crippen LogP contribution < -0.4 is 0 Å². The predicted octanol–water partition coefficient (Wildman–Crippen LogP) is 7.75. The van der Waals surface area contributed by atoms with Crippen molar-refractivity contribution in [3.05, 3.63) is 0 Å². The molecule has 1 heterocycles. The van der Waals surface area contributed by atoms with Gasteiger partial charge in [0.05, 0.1) is 54.0 Å². The molecular weight excluding hydrogens is 550 g/mol. The van der Waals surface area contributed by atoms with Gasteiger partial charge in [-0.25, -0.2) is 9.59 Å². The average Bonchev–Trinajstić information content (AvgIpc) is 2.98. The van der Waals surface area contributed by atoms with Gasteiger partial charge in [-0.1, -0.05) is 129 Å². The van der Waals surface area contributed by atoms with E-state index in [0.717, 1.165) is 69.4 Å². The Morgan fingerprint density at radius 3 is 1.43 bits per heavy atom. The van der Waals surface area contributed by atoms with Crippen LogP contribution in [0.1, 0.15) is 142 Å². The van der Waals surface area contributed by atoms with Gasteiger partial charge in [0.1, 0.15) is 0 Å². The highest BCUT2D eigenvalue weighted by Crippen LogP contribution is 2.14. The van der Waals surface area contributed by atoms with Crippen LogP contribution in [-0.2, 0) is 19.1 Å². The third-order valence-corrected chi connectivity index (χ3v) is 9.52. The van der Waals surface area contributed by atoms with Crippen molar-refractivity contribution in [3.63, 3.8) is 0 Å². The molecule has 0 spiro atoms. The minimum absolute atomic E-state index is 0.0500. The number of ether oxygens (including phenoxy) is 2. The van der Waals surface area contributed by atoms with Crippen molar-refractivity contribution in [1.82, 2.24) is 4.90 Å². The highest BCUT2D eigenvalue weighted by Gasteiger charge is 2.32. The number of carbonyl (C=O) groups excluding carboxylic acids is 2. The Balaban J connectivity index is 2.06. The maximum absolute atomic E-state index is 12.5. The van der Waals surface area contributed by atoms with Crippen LogP contribution in [0.3, 0.4) is 0 Å². The molecule has 260 valence electrons. The van der Waals surface area contributed by atoms with Crippen molar-refractivity contribution in [1.29, 1.82) is 0 Å². The molecule has 0 atom stereocenters. The standard InChI is InChI=1S/C37H75N3O4/c1-6-8-10-12-14-16-18-20-22-24-32-43-36(41)34-39(3,4)29-26-38-27-30-40(5,31-28-38)35-37(42)44-33-25-23-21-19-17-15-13-11-9-7-2/h6-35H2,1-5H3/q+2. The van der Waals surface area contributed by atoms with Crippen LogP contribution in [0.4, 0.5) is 0 Å².